The van der Waals surface area contributed by atoms with E-state index in [1.54, 1.807) is 4.31 Å². The van der Waals surface area contributed by atoms with Crippen molar-refractivity contribution >= 4 is 10.0 Å². The van der Waals surface area contributed by atoms with E-state index in [9.17, 15) is 8.42 Å². The van der Waals surface area contributed by atoms with Crippen LogP contribution in [0.5, 0.6) is 0 Å². The molecule has 2 N–H and O–H groups in total. The van der Waals surface area contributed by atoms with Crippen LogP contribution in [0.25, 0.3) is 0 Å². The zero-order valence-corrected chi connectivity index (χ0v) is 13.1. The predicted molar refractivity (Wildman–Crippen MR) is 81.5 cm³/mol. The number of nitrogens with zero attached hydrogens (tertiary/aromatic N) is 1. The molecule has 0 aromatic heterocycles. The Bertz CT molecular complexity index is 555. The summed E-state index contributed by atoms with van der Waals surface area (Å²) in [5.74, 6) is 0.437. The van der Waals surface area contributed by atoms with E-state index in [0.717, 1.165) is 24.0 Å². The van der Waals surface area contributed by atoms with Crippen molar-refractivity contribution in [1.29, 1.82) is 0 Å². The standard InChI is InChI=1S/C15H24N2O2S/c1-12(2)15-7-4-8-17(15)20(18,19)11-14-6-3-5-13(9-14)10-16/h3,5-6,9,12,15H,4,7-8,10-11,16H2,1-2H3. The van der Waals surface area contributed by atoms with Gasteiger partial charge in [-0.15, -0.1) is 0 Å². The Morgan fingerprint density at radius 1 is 1.35 bits per heavy atom. The number of benzene rings is 1. The molecule has 1 aliphatic heterocycles. The molecular weight excluding hydrogens is 272 g/mol. The molecule has 4 nitrogen and oxygen atoms in total. The summed E-state index contributed by atoms with van der Waals surface area (Å²) in [5.41, 5.74) is 7.40. The van der Waals surface area contributed by atoms with E-state index in [4.69, 9.17) is 5.73 Å². The third-order valence-corrected chi connectivity index (χ3v) is 5.82. The first kappa shape index (κ1) is 15.5. The van der Waals surface area contributed by atoms with Crippen LogP contribution < -0.4 is 5.73 Å². The zero-order valence-electron chi connectivity index (χ0n) is 12.2. The van der Waals surface area contributed by atoms with Gasteiger partial charge in [-0.2, -0.15) is 4.31 Å². The summed E-state index contributed by atoms with van der Waals surface area (Å²) >= 11 is 0. The second-order valence-electron chi connectivity index (χ2n) is 5.84. The highest BCUT2D eigenvalue weighted by molar-refractivity contribution is 7.88. The molecule has 2 rings (SSSR count). The largest absolute Gasteiger partial charge is 0.326 e. The van der Waals surface area contributed by atoms with Gasteiger partial charge in [-0.1, -0.05) is 38.1 Å². The summed E-state index contributed by atoms with van der Waals surface area (Å²) in [6.07, 6.45) is 1.94. The topological polar surface area (TPSA) is 63.4 Å². The van der Waals surface area contributed by atoms with Gasteiger partial charge >= 0.3 is 0 Å². The third-order valence-electron chi connectivity index (χ3n) is 3.95. The summed E-state index contributed by atoms with van der Waals surface area (Å²) in [6.45, 7) is 5.27. The van der Waals surface area contributed by atoms with E-state index in [0.29, 0.717) is 19.0 Å². The van der Waals surface area contributed by atoms with Gasteiger partial charge < -0.3 is 5.73 Å². The monoisotopic (exact) mass is 296 g/mol. The summed E-state index contributed by atoms with van der Waals surface area (Å²) in [7, 11) is -3.24. The number of sulfonamides is 1. The predicted octanol–water partition coefficient (Wildman–Crippen LogP) is 2.10. The molecule has 1 fully saturated rings. The Kier molecular flexibility index (Phi) is 4.83. The van der Waals surface area contributed by atoms with Crippen LogP contribution in [0, 0.1) is 5.92 Å². The normalized spacial score (nSPS) is 20.7. The highest BCUT2D eigenvalue weighted by Gasteiger charge is 2.35. The van der Waals surface area contributed by atoms with Gasteiger partial charge in [0.25, 0.3) is 0 Å². The van der Waals surface area contributed by atoms with Crippen molar-refractivity contribution in [2.45, 2.75) is 45.0 Å². The molecule has 5 heteroatoms. The lowest BCUT2D eigenvalue weighted by molar-refractivity contribution is 0.315. The van der Waals surface area contributed by atoms with Crippen molar-refractivity contribution in [2.75, 3.05) is 6.54 Å². The van der Waals surface area contributed by atoms with Gasteiger partial charge in [-0.05, 0) is 29.9 Å². The van der Waals surface area contributed by atoms with Gasteiger partial charge in [0.2, 0.25) is 10.0 Å². The molecule has 0 bridgehead atoms. The highest BCUT2D eigenvalue weighted by Crippen LogP contribution is 2.28. The van der Waals surface area contributed by atoms with Crippen molar-refractivity contribution in [2.24, 2.45) is 11.7 Å². The minimum atomic E-state index is -3.24. The lowest BCUT2D eigenvalue weighted by Gasteiger charge is -2.27. The van der Waals surface area contributed by atoms with E-state index >= 15 is 0 Å². The minimum Gasteiger partial charge on any atom is -0.326 e. The zero-order chi connectivity index (χ0) is 14.8. The van der Waals surface area contributed by atoms with Gasteiger partial charge in [0.05, 0.1) is 5.75 Å². The molecule has 1 heterocycles. The first-order chi connectivity index (χ1) is 9.44. The Hall–Kier alpha value is -0.910. The van der Waals surface area contributed by atoms with Crippen molar-refractivity contribution in [1.82, 2.24) is 4.31 Å². The fourth-order valence-corrected chi connectivity index (χ4v) is 4.85. The molecular formula is C15H24N2O2S. The Balaban J connectivity index is 2.18. The molecule has 0 amide bonds. The van der Waals surface area contributed by atoms with Gasteiger partial charge in [0.15, 0.2) is 0 Å². The van der Waals surface area contributed by atoms with Crippen molar-refractivity contribution < 1.29 is 8.42 Å². The maximum Gasteiger partial charge on any atom is 0.218 e. The maximum absolute atomic E-state index is 12.6. The molecule has 0 saturated carbocycles. The van der Waals surface area contributed by atoms with Gasteiger partial charge in [0, 0.05) is 19.1 Å². The molecule has 0 radical (unpaired) electrons. The average molecular weight is 296 g/mol. The maximum atomic E-state index is 12.6. The molecule has 0 spiro atoms. The van der Waals surface area contributed by atoms with Crippen molar-refractivity contribution in [3.05, 3.63) is 35.4 Å². The summed E-state index contributed by atoms with van der Waals surface area (Å²) in [4.78, 5) is 0. The fourth-order valence-electron chi connectivity index (χ4n) is 2.92. The minimum absolute atomic E-state index is 0.0735. The Labute approximate surface area is 122 Å². The quantitative estimate of drug-likeness (QED) is 0.905. The summed E-state index contributed by atoms with van der Waals surface area (Å²) in [6, 6.07) is 7.69. The number of rotatable bonds is 5. The molecule has 0 aliphatic carbocycles. The van der Waals surface area contributed by atoms with Crippen LogP contribution in [0.15, 0.2) is 24.3 Å². The van der Waals surface area contributed by atoms with Crippen LogP contribution in [0.2, 0.25) is 0 Å². The number of hydrogen-bond donors (Lipinski definition) is 1. The van der Waals surface area contributed by atoms with Gasteiger partial charge in [-0.3, -0.25) is 0 Å². The molecule has 1 aliphatic rings. The molecule has 1 aromatic carbocycles. The second-order valence-corrected chi connectivity index (χ2v) is 7.77. The number of nitrogens with two attached hydrogens (primary N) is 1. The summed E-state index contributed by atoms with van der Waals surface area (Å²) in [5, 5.41) is 0. The highest BCUT2D eigenvalue weighted by atomic mass is 32.2. The molecule has 112 valence electrons. The van der Waals surface area contributed by atoms with E-state index in [-0.39, 0.29) is 11.8 Å². The Morgan fingerprint density at radius 3 is 2.70 bits per heavy atom. The van der Waals surface area contributed by atoms with E-state index < -0.39 is 10.0 Å². The van der Waals surface area contributed by atoms with Crippen molar-refractivity contribution in [3.63, 3.8) is 0 Å². The molecule has 1 aromatic rings. The summed E-state index contributed by atoms with van der Waals surface area (Å²) < 4.78 is 26.9. The lowest BCUT2D eigenvalue weighted by Crippen LogP contribution is -2.39. The van der Waals surface area contributed by atoms with Crippen LogP contribution in [0.3, 0.4) is 0 Å². The third kappa shape index (κ3) is 3.40. The fraction of sp³-hybridized carbons (Fsp3) is 0.600. The van der Waals surface area contributed by atoms with Crippen LogP contribution in [-0.2, 0) is 22.3 Å². The van der Waals surface area contributed by atoms with Crippen LogP contribution in [0.4, 0.5) is 0 Å². The van der Waals surface area contributed by atoms with Gasteiger partial charge in [0.1, 0.15) is 0 Å². The first-order valence-corrected chi connectivity index (χ1v) is 8.82. The average Bonchev–Trinajstić information content (AvgIpc) is 2.88. The molecule has 20 heavy (non-hydrogen) atoms. The SMILES string of the molecule is CC(C)C1CCCN1S(=O)(=O)Cc1cccc(CN)c1. The number of hydrogen-bond acceptors (Lipinski definition) is 3. The van der Waals surface area contributed by atoms with E-state index in [1.165, 1.54) is 0 Å². The van der Waals surface area contributed by atoms with E-state index in [2.05, 4.69) is 13.8 Å². The molecule has 1 unspecified atom stereocenters. The first-order valence-electron chi connectivity index (χ1n) is 7.21. The van der Waals surface area contributed by atoms with E-state index in [1.807, 2.05) is 24.3 Å². The smallest absolute Gasteiger partial charge is 0.218 e. The lowest BCUT2D eigenvalue weighted by atomic mass is 10.0. The van der Waals surface area contributed by atoms with Gasteiger partial charge in [-0.25, -0.2) is 8.42 Å². The van der Waals surface area contributed by atoms with Crippen molar-refractivity contribution in [3.8, 4) is 0 Å². The molecule has 1 atom stereocenters. The van der Waals surface area contributed by atoms with Crippen LogP contribution >= 0.6 is 0 Å². The Morgan fingerprint density at radius 2 is 2.05 bits per heavy atom. The van der Waals surface area contributed by atoms with Crippen LogP contribution in [0.1, 0.15) is 37.8 Å². The second kappa shape index (κ2) is 6.24. The molecule has 1 saturated heterocycles. The van der Waals surface area contributed by atoms with Crippen LogP contribution in [-0.4, -0.2) is 25.3 Å².